The van der Waals surface area contributed by atoms with Gasteiger partial charge in [-0.2, -0.15) is 4.98 Å². The Hall–Kier alpha value is -2.62. The fraction of sp³-hybridized carbons (Fsp3) is 0.462. The molecule has 1 saturated heterocycles. The Morgan fingerprint density at radius 1 is 1.17 bits per heavy atom. The maximum Gasteiger partial charge on any atom is 0.324 e. The van der Waals surface area contributed by atoms with Gasteiger partial charge in [0.1, 0.15) is 11.6 Å². The normalized spacial score (nSPS) is 14.6. The molecule has 1 aromatic heterocycles. The van der Waals surface area contributed by atoms with E-state index in [2.05, 4.69) is 33.6 Å². The van der Waals surface area contributed by atoms with Gasteiger partial charge in [-0.15, -0.1) is 4.72 Å². The zero-order valence-electron chi connectivity index (χ0n) is 20.5. The van der Waals surface area contributed by atoms with Crippen LogP contribution in [-0.4, -0.2) is 50.1 Å². The Bertz CT molecular complexity index is 1070. The van der Waals surface area contributed by atoms with Crippen molar-refractivity contribution in [2.24, 2.45) is 5.92 Å². The first-order chi connectivity index (χ1) is 17.0. The monoisotopic (exact) mass is 501 g/mol. The number of piperidine rings is 1. The summed E-state index contributed by atoms with van der Waals surface area (Å²) in [6.45, 7) is 7.88. The zero-order valence-corrected chi connectivity index (χ0v) is 21.4. The summed E-state index contributed by atoms with van der Waals surface area (Å²) in [5.74, 6) is 2.05. The number of aromatic nitrogens is 2. The molecule has 1 fully saturated rings. The Morgan fingerprint density at radius 3 is 2.60 bits per heavy atom. The molecule has 7 nitrogen and oxygen atoms in total. The predicted molar refractivity (Wildman–Crippen MR) is 138 cm³/mol. The van der Waals surface area contributed by atoms with E-state index in [-0.39, 0.29) is 11.7 Å². The van der Waals surface area contributed by atoms with Crippen LogP contribution in [0.25, 0.3) is 11.1 Å². The summed E-state index contributed by atoms with van der Waals surface area (Å²) >= 11 is 0.873. The maximum absolute atomic E-state index is 14.7. The van der Waals surface area contributed by atoms with E-state index in [1.54, 1.807) is 13.2 Å². The van der Waals surface area contributed by atoms with Crippen molar-refractivity contribution in [3.8, 4) is 16.9 Å². The van der Waals surface area contributed by atoms with Gasteiger partial charge >= 0.3 is 6.01 Å². The molecule has 1 aliphatic rings. The Morgan fingerprint density at radius 2 is 1.94 bits per heavy atom. The van der Waals surface area contributed by atoms with Crippen molar-refractivity contribution in [1.82, 2.24) is 14.9 Å². The minimum absolute atomic E-state index is 0.231. The molecule has 3 aromatic rings. The molecule has 0 radical (unpaired) electrons. The highest BCUT2D eigenvalue weighted by Crippen LogP contribution is 2.28. The second-order valence-corrected chi connectivity index (χ2v) is 10.1. The Kier molecular flexibility index (Phi) is 9.01. The highest BCUT2D eigenvalue weighted by molar-refractivity contribution is 7.76. The lowest BCUT2D eigenvalue weighted by Crippen LogP contribution is -2.35. The number of nitrogens with zero attached hydrogens (tertiary/aromatic N) is 3. The highest BCUT2D eigenvalue weighted by atomic mass is 32.2. The number of hydrogen-bond acceptors (Lipinski definition) is 7. The third-order valence-electron chi connectivity index (χ3n) is 6.06. The number of anilines is 1. The number of rotatable bonds is 11. The van der Waals surface area contributed by atoms with Crippen LogP contribution in [0.15, 0.2) is 51.9 Å². The standard InChI is InChI=1S/C26H33FN4O3S/c1-18(2)25-29-26(34-30-25)31-13-10-19(11-14-31)17-33-21-6-4-20(5-7-21)23-9-8-22(16-24(23)27)35-28-12-15-32-3/h4-9,16,18-19,28H,10-15,17H2,1-3H3/p+1. The lowest BCUT2D eigenvalue weighted by molar-refractivity contribution is 0.205. The number of methoxy groups -OCH3 is 1. The molecule has 0 unspecified atom stereocenters. The smallest absolute Gasteiger partial charge is 0.324 e. The van der Waals surface area contributed by atoms with Crippen molar-refractivity contribution in [2.75, 3.05) is 44.9 Å². The summed E-state index contributed by atoms with van der Waals surface area (Å²) in [4.78, 5) is 7.53. The first-order valence-corrected chi connectivity index (χ1v) is 13.0. The zero-order chi connectivity index (χ0) is 24.6. The highest BCUT2D eigenvalue weighted by Gasteiger charge is 2.24. The molecule has 35 heavy (non-hydrogen) atoms. The van der Waals surface area contributed by atoms with Crippen LogP contribution in [0.4, 0.5) is 10.4 Å². The van der Waals surface area contributed by atoms with Gasteiger partial charge in [0, 0.05) is 37.7 Å². The van der Waals surface area contributed by atoms with Crippen LogP contribution in [0, 0.1) is 11.7 Å². The van der Waals surface area contributed by atoms with Gasteiger partial charge < -0.3 is 18.9 Å². The summed E-state index contributed by atoms with van der Waals surface area (Å²) in [5, 5.41) is 4.06. The van der Waals surface area contributed by atoms with E-state index in [1.165, 1.54) is 0 Å². The second-order valence-electron chi connectivity index (χ2n) is 9.03. The topological polar surface area (TPSA) is 72.7 Å². The van der Waals surface area contributed by atoms with Gasteiger partial charge in [-0.1, -0.05) is 31.1 Å². The van der Waals surface area contributed by atoms with E-state index in [0.717, 1.165) is 66.5 Å². The number of thiol groups is 1. The van der Waals surface area contributed by atoms with Crippen LogP contribution >= 0.6 is 0 Å². The summed E-state index contributed by atoms with van der Waals surface area (Å²) in [7, 11) is 1.66. The molecule has 2 heterocycles. The van der Waals surface area contributed by atoms with Crippen molar-refractivity contribution in [2.45, 2.75) is 37.5 Å². The van der Waals surface area contributed by atoms with Gasteiger partial charge in [0.05, 0.1) is 31.7 Å². The molecule has 188 valence electrons. The molecule has 0 aliphatic carbocycles. The number of benzene rings is 2. The molecular weight excluding hydrogens is 467 g/mol. The van der Waals surface area contributed by atoms with Crippen LogP contribution in [0.5, 0.6) is 5.75 Å². The number of nitrogens with one attached hydrogen (secondary N) is 1. The maximum atomic E-state index is 14.7. The molecular formula is C26H34FN4O3S+. The largest absolute Gasteiger partial charge is 0.493 e. The number of hydrogen-bond donors (Lipinski definition) is 1. The van der Waals surface area contributed by atoms with E-state index in [9.17, 15) is 4.39 Å². The van der Waals surface area contributed by atoms with E-state index in [4.69, 9.17) is 14.0 Å². The number of halogens is 1. The van der Waals surface area contributed by atoms with E-state index < -0.39 is 0 Å². The molecule has 0 bridgehead atoms. The van der Waals surface area contributed by atoms with E-state index in [0.29, 0.717) is 30.7 Å². The SMILES string of the molecule is COCCN[SH+]c1ccc(-c2ccc(OCC3CCN(c4nc(C(C)C)no4)CC3)cc2)c(F)c1. The summed E-state index contributed by atoms with van der Waals surface area (Å²) in [5.41, 5.74) is 1.42. The van der Waals surface area contributed by atoms with Crippen LogP contribution in [0.1, 0.15) is 38.4 Å². The fourth-order valence-electron chi connectivity index (χ4n) is 3.93. The summed E-state index contributed by atoms with van der Waals surface area (Å²) < 4.78 is 34.4. The molecule has 2 aromatic carbocycles. The lowest BCUT2D eigenvalue weighted by atomic mass is 9.98. The van der Waals surface area contributed by atoms with Crippen molar-refractivity contribution in [3.05, 3.63) is 54.1 Å². The van der Waals surface area contributed by atoms with Crippen LogP contribution in [-0.2, 0) is 16.7 Å². The van der Waals surface area contributed by atoms with Gasteiger partial charge in [0.15, 0.2) is 10.7 Å². The molecule has 1 aliphatic heterocycles. The summed E-state index contributed by atoms with van der Waals surface area (Å²) in [6.07, 6.45) is 2.02. The van der Waals surface area contributed by atoms with Gasteiger partial charge in [-0.05, 0) is 48.6 Å². The van der Waals surface area contributed by atoms with Crippen molar-refractivity contribution in [1.29, 1.82) is 0 Å². The Labute approximate surface area is 210 Å². The minimum atomic E-state index is -0.231. The molecule has 0 spiro atoms. The second kappa shape index (κ2) is 12.4. The third-order valence-corrected chi connectivity index (χ3v) is 6.98. The van der Waals surface area contributed by atoms with Gasteiger partial charge in [0.25, 0.3) is 0 Å². The predicted octanol–water partition coefficient (Wildman–Crippen LogP) is 4.62. The van der Waals surface area contributed by atoms with Crippen LogP contribution in [0.2, 0.25) is 0 Å². The first-order valence-electron chi connectivity index (χ1n) is 12.1. The van der Waals surface area contributed by atoms with Gasteiger partial charge in [-0.3, -0.25) is 0 Å². The molecule has 4 rings (SSSR count). The molecule has 9 heteroatoms. The molecule has 0 amide bonds. The quantitative estimate of drug-likeness (QED) is 0.234. The van der Waals surface area contributed by atoms with Crippen molar-refractivity contribution in [3.63, 3.8) is 0 Å². The first kappa shape index (κ1) is 25.5. The fourth-order valence-corrected chi connectivity index (χ4v) is 4.64. The average molecular weight is 502 g/mol. The van der Waals surface area contributed by atoms with E-state index >= 15 is 0 Å². The number of ether oxygens (including phenoxy) is 2. The van der Waals surface area contributed by atoms with Gasteiger partial charge in [-0.25, -0.2) is 4.39 Å². The average Bonchev–Trinajstić information content (AvgIpc) is 3.37. The molecule has 0 saturated carbocycles. The minimum Gasteiger partial charge on any atom is -0.493 e. The van der Waals surface area contributed by atoms with E-state index in [1.807, 2.05) is 36.4 Å². The molecule has 0 atom stereocenters. The van der Waals surface area contributed by atoms with Crippen LogP contribution < -0.4 is 14.4 Å². The third kappa shape index (κ3) is 6.96. The summed E-state index contributed by atoms with van der Waals surface area (Å²) in [6, 6.07) is 13.6. The lowest BCUT2D eigenvalue weighted by Gasteiger charge is -2.30. The van der Waals surface area contributed by atoms with Crippen molar-refractivity contribution < 1.29 is 18.4 Å². The van der Waals surface area contributed by atoms with Crippen molar-refractivity contribution >= 4 is 18.0 Å². The van der Waals surface area contributed by atoms with Crippen LogP contribution in [0.3, 0.4) is 0 Å². The molecule has 1 N–H and O–H groups in total. The Balaban J connectivity index is 1.24. The van der Waals surface area contributed by atoms with Gasteiger partial charge in [0.2, 0.25) is 0 Å².